The first-order valence-corrected chi connectivity index (χ1v) is 9.97. The number of hydrogen-bond donors (Lipinski definition) is 2. The van der Waals surface area contributed by atoms with Crippen LogP contribution in [0.1, 0.15) is 11.1 Å². The Morgan fingerprint density at radius 1 is 0.875 bits per heavy atom. The molecule has 3 rings (SSSR count). The summed E-state index contributed by atoms with van der Waals surface area (Å²) in [6.07, 6.45) is -0.428. The predicted octanol–water partition coefficient (Wildman–Crippen LogP) is 4.46. The molecule has 3 aromatic rings. The summed E-state index contributed by atoms with van der Waals surface area (Å²) in [7, 11) is 1.49. The molecule has 0 saturated carbocycles. The van der Waals surface area contributed by atoms with Gasteiger partial charge in [0.2, 0.25) is 0 Å². The fraction of sp³-hybridized carbons (Fsp3) is 0.167. The third-order valence-electron chi connectivity index (χ3n) is 4.73. The first kappa shape index (κ1) is 23.0. The molecule has 0 atom stereocenters. The molecule has 0 bridgehead atoms. The molecule has 0 amide bonds. The van der Waals surface area contributed by atoms with Gasteiger partial charge in [0.25, 0.3) is 0 Å². The lowest BCUT2D eigenvalue weighted by atomic mass is 9.94. The highest BCUT2D eigenvalue weighted by molar-refractivity contribution is 6.30. The molecular formula is C24H21ClO7. The summed E-state index contributed by atoms with van der Waals surface area (Å²) in [5, 5.41) is 20.1. The first-order valence-electron chi connectivity index (χ1n) is 9.59. The summed E-state index contributed by atoms with van der Waals surface area (Å²) in [5.41, 5.74) is -1.29. The Kier molecular flexibility index (Phi) is 7.22. The molecule has 0 aliphatic rings. The molecule has 0 saturated heterocycles. The average Bonchev–Trinajstić information content (AvgIpc) is 2.79. The third kappa shape index (κ3) is 5.31. The van der Waals surface area contributed by atoms with Crippen molar-refractivity contribution in [2.75, 3.05) is 7.11 Å². The van der Waals surface area contributed by atoms with Crippen LogP contribution in [0.15, 0.2) is 72.8 Å². The Bertz CT molecular complexity index is 1070. The molecule has 0 unspecified atom stereocenters. The van der Waals surface area contributed by atoms with Gasteiger partial charge in [0.05, 0.1) is 7.11 Å². The number of methoxy groups -OCH3 is 1. The highest BCUT2D eigenvalue weighted by Crippen LogP contribution is 2.35. The van der Waals surface area contributed by atoms with Gasteiger partial charge in [-0.3, -0.25) is 0 Å². The zero-order valence-corrected chi connectivity index (χ0v) is 17.9. The number of rotatable bonds is 10. The molecule has 7 nitrogen and oxygen atoms in total. The highest BCUT2D eigenvalue weighted by Gasteiger charge is 2.50. The molecule has 0 radical (unpaired) electrons. The van der Waals surface area contributed by atoms with Crippen molar-refractivity contribution >= 4 is 23.5 Å². The molecule has 166 valence electrons. The van der Waals surface area contributed by atoms with E-state index in [4.69, 9.17) is 25.8 Å². The number of aliphatic carboxylic acids is 2. The van der Waals surface area contributed by atoms with E-state index in [1.54, 1.807) is 24.3 Å². The van der Waals surface area contributed by atoms with Crippen molar-refractivity contribution in [1.82, 2.24) is 0 Å². The van der Waals surface area contributed by atoms with Crippen molar-refractivity contribution in [3.05, 3.63) is 88.9 Å². The van der Waals surface area contributed by atoms with Crippen LogP contribution < -0.4 is 14.2 Å². The van der Waals surface area contributed by atoms with Crippen LogP contribution in [0.5, 0.6) is 17.2 Å². The Labute approximate surface area is 189 Å². The maximum absolute atomic E-state index is 12.2. The van der Waals surface area contributed by atoms with Gasteiger partial charge < -0.3 is 24.4 Å². The summed E-state index contributed by atoms with van der Waals surface area (Å²) >= 11 is 6.07. The fourth-order valence-corrected chi connectivity index (χ4v) is 3.16. The predicted molar refractivity (Wildman–Crippen MR) is 118 cm³/mol. The van der Waals surface area contributed by atoms with Crippen LogP contribution in [-0.2, 0) is 22.6 Å². The second kappa shape index (κ2) is 10.1. The number of halogens is 1. The lowest BCUT2D eigenvalue weighted by Crippen LogP contribution is -2.53. The number of carboxylic acid groups (broad SMARTS) is 2. The van der Waals surface area contributed by atoms with Crippen LogP contribution in [0.3, 0.4) is 0 Å². The summed E-state index contributed by atoms with van der Waals surface area (Å²) in [6, 6.07) is 20.0. The van der Waals surface area contributed by atoms with Crippen molar-refractivity contribution in [3.8, 4) is 17.2 Å². The molecule has 32 heavy (non-hydrogen) atoms. The van der Waals surface area contributed by atoms with E-state index < -0.39 is 24.0 Å². The fourth-order valence-electron chi connectivity index (χ4n) is 3.00. The van der Waals surface area contributed by atoms with Crippen molar-refractivity contribution < 1.29 is 34.0 Å². The van der Waals surface area contributed by atoms with E-state index in [9.17, 15) is 19.8 Å². The van der Waals surface area contributed by atoms with Gasteiger partial charge in [-0.1, -0.05) is 54.1 Å². The largest absolute Gasteiger partial charge is 0.497 e. The molecule has 0 spiro atoms. The first-order chi connectivity index (χ1) is 15.3. The van der Waals surface area contributed by atoms with Crippen LogP contribution in [0.25, 0.3) is 0 Å². The van der Waals surface area contributed by atoms with Crippen molar-refractivity contribution in [1.29, 1.82) is 0 Å². The Morgan fingerprint density at radius 2 is 1.53 bits per heavy atom. The van der Waals surface area contributed by atoms with Crippen LogP contribution in [0, 0.1) is 0 Å². The minimum absolute atomic E-state index is 0.0522. The maximum atomic E-state index is 12.2. The normalized spacial score (nSPS) is 10.9. The zero-order valence-electron chi connectivity index (χ0n) is 17.2. The van der Waals surface area contributed by atoms with Crippen LogP contribution in [0.4, 0.5) is 0 Å². The van der Waals surface area contributed by atoms with E-state index in [-0.39, 0.29) is 18.1 Å². The number of carboxylic acids is 2. The summed E-state index contributed by atoms with van der Waals surface area (Å²) < 4.78 is 16.5. The standard InChI is InChI=1S/C24H21ClO7/c1-30-19-10-7-16(8-11-19)14-24(22(26)27,23(28)29)32-20-12-9-18(25)13-21(20)31-15-17-5-3-2-4-6-17/h2-13H,14-15H2,1H3,(H,26,27)(H,28,29). The molecule has 0 aromatic heterocycles. The molecule has 0 fully saturated rings. The van der Waals surface area contributed by atoms with E-state index in [1.165, 1.54) is 25.3 Å². The van der Waals surface area contributed by atoms with Gasteiger partial charge in [-0.05, 0) is 35.4 Å². The highest BCUT2D eigenvalue weighted by atomic mass is 35.5. The number of carbonyl (C=O) groups is 2. The van der Waals surface area contributed by atoms with Crippen LogP contribution >= 0.6 is 11.6 Å². The maximum Gasteiger partial charge on any atom is 0.360 e. The molecule has 8 heteroatoms. The zero-order chi connectivity index (χ0) is 23.1. The summed E-state index contributed by atoms with van der Waals surface area (Å²) in [6.45, 7) is 0.156. The Balaban J connectivity index is 1.93. The van der Waals surface area contributed by atoms with Crippen molar-refractivity contribution in [2.45, 2.75) is 18.6 Å². The van der Waals surface area contributed by atoms with Gasteiger partial charge in [-0.25, -0.2) is 9.59 Å². The van der Waals surface area contributed by atoms with E-state index in [0.29, 0.717) is 16.3 Å². The lowest BCUT2D eigenvalue weighted by Gasteiger charge is -2.27. The second-order valence-electron chi connectivity index (χ2n) is 6.93. The average molecular weight is 457 g/mol. The molecule has 0 heterocycles. The summed E-state index contributed by atoms with van der Waals surface area (Å²) in [4.78, 5) is 24.3. The van der Waals surface area contributed by atoms with Gasteiger partial charge in [-0.2, -0.15) is 0 Å². The third-order valence-corrected chi connectivity index (χ3v) is 4.97. The van der Waals surface area contributed by atoms with Gasteiger partial charge >= 0.3 is 17.5 Å². The monoisotopic (exact) mass is 456 g/mol. The van der Waals surface area contributed by atoms with E-state index >= 15 is 0 Å². The van der Waals surface area contributed by atoms with Gasteiger partial charge in [0.1, 0.15) is 12.4 Å². The SMILES string of the molecule is COc1ccc(CC(Oc2ccc(Cl)cc2OCc2ccccc2)(C(=O)O)C(=O)O)cc1. The molecule has 0 aliphatic carbocycles. The van der Waals surface area contributed by atoms with E-state index in [1.807, 2.05) is 30.3 Å². The van der Waals surface area contributed by atoms with Gasteiger partial charge in [0.15, 0.2) is 11.5 Å². The Morgan fingerprint density at radius 3 is 2.12 bits per heavy atom. The molecule has 3 aromatic carbocycles. The van der Waals surface area contributed by atoms with Crippen LogP contribution in [-0.4, -0.2) is 34.9 Å². The summed E-state index contributed by atoms with van der Waals surface area (Å²) in [5.74, 6) is -2.67. The number of ether oxygens (including phenoxy) is 3. The lowest BCUT2D eigenvalue weighted by molar-refractivity contribution is -0.172. The molecule has 0 aliphatic heterocycles. The minimum atomic E-state index is -2.59. The molecule has 2 N–H and O–H groups in total. The minimum Gasteiger partial charge on any atom is -0.497 e. The van der Waals surface area contributed by atoms with Crippen molar-refractivity contribution in [3.63, 3.8) is 0 Å². The smallest absolute Gasteiger partial charge is 0.360 e. The van der Waals surface area contributed by atoms with E-state index in [2.05, 4.69) is 0 Å². The van der Waals surface area contributed by atoms with Gasteiger partial charge in [0, 0.05) is 17.5 Å². The topological polar surface area (TPSA) is 102 Å². The van der Waals surface area contributed by atoms with E-state index in [0.717, 1.165) is 5.56 Å². The van der Waals surface area contributed by atoms with Gasteiger partial charge in [-0.15, -0.1) is 0 Å². The quantitative estimate of drug-likeness (QED) is 0.434. The van der Waals surface area contributed by atoms with Crippen molar-refractivity contribution in [2.24, 2.45) is 0 Å². The Hall–Kier alpha value is -3.71. The number of benzene rings is 3. The number of hydrogen-bond acceptors (Lipinski definition) is 5. The molecular weight excluding hydrogens is 436 g/mol. The second-order valence-corrected chi connectivity index (χ2v) is 7.37. The van der Waals surface area contributed by atoms with Crippen LogP contribution in [0.2, 0.25) is 5.02 Å².